The van der Waals surface area contributed by atoms with Gasteiger partial charge in [-0.1, -0.05) is 6.08 Å². The predicted molar refractivity (Wildman–Crippen MR) is 46.9 cm³/mol. The second kappa shape index (κ2) is 7.27. The van der Waals surface area contributed by atoms with Crippen LogP contribution in [0.3, 0.4) is 0 Å². The van der Waals surface area contributed by atoms with Crippen LogP contribution in [0.15, 0.2) is 12.2 Å². The lowest BCUT2D eigenvalue weighted by atomic mass is 10.3. The third-order valence-electron chi connectivity index (χ3n) is 1.25. The Morgan fingerprint density at radius 3 is 2.85 bits per heavy atom. The van der Waals surface area contributed by atoms with E-state index in [4.69, 9.17) is 0 Å². The Morgan fingerprint density at radius 1 is 1.62 bits per heavy atom. The Kier molecular flexibility index (Phi) is 6.49. The van der Waals surface area contributed by atoms with E-state index >= 15 is 0 Å². The Bertz CT molecular complexity index is 200. The molecule has 0 radical (unpaired) electrons. The number of carbonyl (C=O) groups is 1. The monoisotopic (exact) mass is 187 g/mol. The topological polar surface area (TPSA) is 69.4 Å². The molecule has 5 nitrogen and oxygen atoms in total. The third kappa shape index (κ3) is 8.52. The summed E-state index contributed by atoms with van der Waals surface area (Å²) in [6, 6.07) is 0. The van der Waals surface area contributed by atoms with Gasteiger partial charge in [0.15, 0.2) is 0 Å². The Balaban J connectivity index is 3.40. The summed E-state index contributed by atoms with van der Waals surface area (Å²) in [5.41, 5.74) is 0. The molecule has 0 aromatic carbocycles. The van der Waals surface area contributed by atoms with Gasteiger partial charge in [-0.3, -0.25) is 10.1 Å². The molecule has 0 saturated heterocycles. The normalized spacial score (nSPS) is 10.2. The van der Waals surface area contributed by atoms with Crippen LogP contribution >= 0.6 is 0 Å². The third-order valence-corrected chi connectivity index (χ3v) is 1.25. The highest BCUT2D eigenvalue weighted by Crippen LogP contribution is 1.92. The van der Waals surface area contributed by atoms with Crippen molar-refractivity contribution in [2.45, 2.75) is 19.8 Å². The minimum Gasteiger partial charge on any atom is -0.463 e. The van der Waals surface area contributed by atoms with Crippen LogP contribution in [0.25, 0.3) is 0 Å². The number of carbonyl (C=O) groups excluding carboxylic acids is 1. The molecule has 13 heavy (non-hydrogen) atoms. The second-order valence-corrected chi connectivity index (χ2v) is 2.35. The maximum absolute atomic E-state index is 10.7. The SMILES string of the molecule is CCOC(=O)/C=C\CCC[N+](=O)[O-]. The van der Waals surface area contributed by atoms with Crippen molar-refractivity contribution in [3.63, 3.8) is 0 Å². The van der Waals surface area contributed by atoms with Gasteiger partial charge < -0.3 is 4.74 Å². The summed E-state index contributed by atoms with van der Waals surface area (Å²) >= 11 is 0. The van der Waals surface area contributed by atoms with E-state index in [0.717, 1.165) is 0 Å². The smallest absolute Gasteiger partial charge is 0.330 e. The van der Waals surface area contributed by atoms with Crippen molar-refractivity contribution in [2.75, 3.05) is 13.2 Å². The first kappa shape index (κ1) is 11.6. The molecule has 0 aromatic heterocycles. The fraction of sp³-hybridized carbons (Fsp3) is 0.625. The van der Waals surface area contributed by atoms with Crippen LogP contribution in [-0.4, -0.2) is 24.0 Å². The number of hydrogen-bond donors (Lipinski definition) is 0. The maximum Gasteiger partial charge on any atom is 0.330 e. The summed E-state index contributed by atoms with van der Waals surface area (Å²) in [6.07, 6.45) is 3.85. The molecule has 0 saturated carbocycles. The van der Waals surface area contributed by atoms with Gasteiger partial charge in [-0.25, -0.2) is 4.79 Å². The van der Waals surface area contributed by atoms with Crippen LogP contribution in [-0.2, 0) is 9.53 Å². The highest BCUT2D eigenvalue weighted by atomic mass is 16.6. The molecular formula is C8H13NO4. The summed E-state index contributed by atoms with van der Waals surface area (Å²) in [5.74, 6) is -0.399. The number of unbranched alkanes of at least 4 members (excludes halogenated alkanes) is 1. The molecule has 0 unspecified atom stereocenters. The zero-order chi connectivity index (χ0) is 10.1. The molecule has 0 spiro atoms. The molecule has 0 N–H and O–H groups in total. The fourth-order valence-electron chi connectivity index (χ4n) is 0.708. The van der Waals surface area contributed by atoms with Crippen molar-refractivity contribution >= 4 is 5.97 Å². The van der Waals surface area contributed by atoms with E-state index < -0.39 is 5.97 Å². The molecule has 0 aliphatic heterocycles. The average molecular weight is 187 g/mol. The average Bonchev–Trinajstić information content (AvgIpc) is 2.03. The predicted octanol–water partition coefficient (Wildman–Crippen LogP) is 1.16. The lowest BCUT2D eigenvalue weighted by Crippen LogP contribution is -2.00. The minimum atomic E-state index is -0.399. The first-order valence-electron chi connectivity index (χ1n) is 4.12. The summed E-state index contributed by atoms with van der Waals surface area (Å²) in [7, 11) is 0. The summed E-state index contributed by atoms with van der Waals surface area (Å²) in [4.78, 5) is 20.2. The highest BCUT2D eigenvalue weighted by Gasteiger charge is 1.95. The lowest BCUT2D eigenvalue weighted by Gasteiger charge is -1.93. The van der Waals surface area contributed by atoms with Gasteiger partial charge in [-0.05, 0) is 13.3 Å². The zero-order valence-corrected chi connectivity index (χ0v) is 7.56. The number of nitrogens with zero attached hydrogens (tertiary/aromatic N) is 1. The molecule has 0 bridgehead atoms. The van der Waals surface area contributed by atoms with Crippen LogP contribution in [0.5, 0.6) is 0 Å². The lowest BCUT2D eigenvalue weighted by molar-refractivity contribution is -0.480. The summed E-state index contributed by atoms with van der Waals surface area (Å²) in [5, 5.41) is 9.89. The molecule has 0 atom stereocenters. The molecule has 0 aliphatic rings. The Morgan fingerprint density at radius 2 is 2.31 bits per heavy atom. The quantitative estimate of drug-likeness (QED) is 0.206. The maximum atomic E-state index is 10.7. The number of esters is 1. The number of hydrogen-bond acceptors (Lipinski definition) is 4. The van der Waals surface area contributed by atoms with E-state index in [1.165, 1.54) is 6.08 Å². The van der Waals surface area contributed by atoms with Gasteiger partial charge in [-0.2, -0.15) is 0 Å². The molecular weight excluding hydrogens is 174 g/mol. The Hall–Kier alpha value is -1.39. The van der Waals surface area contributed by atoms with E-state index in [0.29, 0.717) is 19.4 Å². The van der Waals surface area contributed by atoms with Crippen molar-refractivity contribution < 1.29 is 14.5 Å². The van der Waals surface area contributed by atoms with Crippen molar-refractivity contribution in [1.82, 2.24) is 0 Å². The van der Waals surface area contributed by atoms with E-state index in [2.05, 4.69) is 4.74 Å². The number of ether oxygens (including phenoxy) is 1. The number of nitro groups is 1. The van der Waals surface area contributed by atoms with Crippen molar-refractivity contribution in [2.24, 2.45) is 0 Å². The van der Waals surface area contributed by atoms with Gasteiger partial charge in [0.2, 0.25) is 6.54 Å². The van der Waals surface area contributed by atoms with Crippen molar-refractivity contribution in [1.29, 1.82) is 0 Å². The van der Waals surface area contributed by atoms with E-state index in [9.17, 15) is 14.9 Å². The van der Waals surface area contributed by atoms with Gasteiger partial charge in [0.25, 0.3) is 0 Å². The van der Waals surface area contributed by atoms with E-state index in [-0.39, 0.29) is 11.5 Å². The highest BCUT2D eigenvalue weighted by molar-refractivity contribution is 5.81. The molecule has 0 aromatic rings. The van der Waals surface area contributed by atoms with Gasteiger partial charge >= 0.3 is 5.97 Å². The van der Waals surface area contributed by atoms with Crippen LogP contribution in [0.2, 0.25) is 0 Å². The Labute approximate surface area is 76.5 Å². The van der Waals surface area contributed by atoms with Gasteiger partial charge in [0, 0.05) is 17.4 Å². The molecule has 0 aliphatic carbocycles. The standard InChI is InChI=1S/C8H13NO4/c1-2-13-8(10)6-4-3-5-7-9(11)12/h4,6H,2-3,5,7H2,1H3/b6-4-. The molecule has 74 valence electrons. The van der Waals surface area contributed by atoms with Gasteiger partial charge in [-0.15, -0.1) is 0 Å². The molecule has 0 rings (SSSR count). The zero-order valence-electron chi connectivity index (χ0n) is 7.56. The second-order valence-electron chi connectivity index (χ2n) is 2.35. The minimum absolute atomic E-state index is 0.0623. The van der Waals surface area contributed by atoms with E-state index in [1.54, 1.807) is 13.0 Å². The van der Waals surface area contributed by atoms with Crippen LogP contribution < -0.4 is 0 Å². The molecule has 0 heterocycles. The van der Waals surface area contributed by atoms with Gasteiger partial charge in [0.1, 0.15) is 0 Å². The fourth-order valence-corrected chi connectivity index (χ4v) is 0.708. The molecule has 0 amide bonds. The van der Waals surface area contributed by atoms with Crippen LogP contribution in [0.4, 0.5) is 0 Å². The summed E-state index contributed by atoms with van der Waals surface area (Å²) in [6.45, 7) is 2.00. The van der Waals surface area contributed by atoms with E-state index in [1.807, 2.05) is 0 Å². The number of allylic oxidation sites excluding steroid dienone is 1. The molecule has 5 heteroatoms. The first-order valence-corrected chi connectivity index (χ1v) is 4.12. The van der Waals surface area contributed by atoms with Crippen molar-refractivity contribution in [3.8, 4) is 0 Å². The largest absolute Gasteiger partial charge is 0.463 e. The number of rotatable bonds is 6. The van der Waals surface area contributed by atoms with Crippen LogP contribution in [0, 0.1) is 10.1 Å². The summed E-state index contributed by atoms with van der Waals surface area (Å²) < 4.78 is 4.61. The molecule has 0 fully saturated rings. The van der Waals surface area contributed by atoms with Crippen molar-refractivity contribution in [3.05, 3.63) is 22.3 Å². The van der Waals surface area contributed by atoms with Gasteiger partial charge in [0.05, 0.1) is 6.61 Å². The first-order chi connectivity index (χ1) is 6.16. The van der Waals surface area contributed by atoms with Crippen LogP contribution in [0.1, 0.15) is 19.8 Å².